The molecule has 0 aliphatic rings. The fraction of sp³-hybridized carbons (Fsp3) is 0. The molecule has 3 heterocycles. The summed E-state index contributed by atoms with van der Waals surface area (Å²) < 4.78 is 29.4. The number of aromatic nitrogens is 4. The number of anilines is 1. The Morgan fingerprint density at radius 1 is 1.33 bits per heavy atom. The number of rotatable bonds is 3. The summed E-state index contributed by atoms with van der Waals surface area (Å²) in [5, 5.41) is 1.47. The summed E-state index contributed by atoms with van der Waals surface area (Å²) >= 11 is 13.5. The molecule has 110 valence electrons. The molecule has 0 amide bonds. The first-order valence-corrected chi connectivity index (χ1v) is 9.53. The van der Waals surface area contributed by atoms with E-state index in [-0.39, 0.29) is 20.6 Å². The highest BCUT2D eigenvalue weighted by Crippen LogP contribution is 2.28. The van der Waals surface area contributed by atoms with Crippen LogP contribution in [0.1, 0.15) is 0 Å². The number of nitrogens with zero attached hydrogens (tertiary/aromatic N) is 4. The average Bonchev–Trinajstić information content (AvgIpc) is 2.91. The molecule has 0 saturated heterocycles. The summed E-state index contributed by atoms with van der Waals surface area (Å²) in [5.41, 5.74) is 0. The van der Waals surface area contributed by atoms with Crippen LogP contribution in [-0.2, 0) is 10.0 Å². The molecule has 12 heteroatoms. The molecule has 21 heavy (non-hydrogen) atoms. The predicted molar refractivity (Wildman–Crippen MR) is 86.3 cm³/mol. The second kappa shape index (κ2) is 5.47. The van der Waals surface area contributed by atoms with Gasteiger partial charge in [-0.3, -0.25) is 9.12 Å². The molecule has 1 N–H and O–H groups in total. The maximum atomic E-state index is 12.5. The highest BCUT2D eigenvalue weighted by Gasteiger charge is 2.26. The van der Waals surface area contributed by atoms with Gasteiger partial charge in [-0.25, -0.2) is 15.0 Å². The first-order valence-electron chi connectivity index (χ1n) is 5.20. The molecule has 0 unspecified atom stereocenters. The lowest BCUT2D eigenvalue weighted by atomic mass is 10.7. The summed E-state index contributed by atoms with van der Waals surface area (Å²) in [6.45, 7) is 0. The third-order valence-electron chi connectivity index (χ3n) is 2.36. The zero-order chi connectivity index (χ0) is 15.2. The third kappa shape index (κ3) is 2.80. The third-order valence-corrected chi connectivity index (χ3v) is 5.79. The lowest BCUT2D eigenvalue weighted by Crippen LogP contribution is -2.16. The van der Waals surface area contributed by atoms with Gasteiger partial charge >= 0.3 is 0 Å². The normalized spacial score (nSPS) is 12.0. The van der Waals surface area contributed by atoms with Gasteiger partial charge in [-0.2, -0.15) is 8.42 Å². The standard InChI is InChI=1S/C9H4Br2ClN5O2S2/c10-4-3-13-7(5(11)14-4)16-21(18,19)8-6(12)15-9-17(8)1-2-20-9/h1-3H,(H,13,16). The molecule has 7 nitrogen and oxygen atoms in total. The van der Waals surface area contributed by atoms with E-state index in [0.717, 1.165) is 0 Å². The molecular weight excluding hydrogens is 470 g/mol. The summed E-state index contributed by atoms with van der Waals surface area (Å²) in [7, 11) is -3.96. The fourth-order valence-corrected chi connectivity index (χ4v) is 5.08. The Morgan fingerprint density at radius 2 is 2.10 bits per heavy atom. The van der Waals surface area contributed by atoms with Gasteiger partial charge in [0.1, 0.15) is 4.60 Å². The molecule has 3 aromatic rings. The first kappa shape index (κ1) is 15.2. The SMILES string of the molecule is O=S(=O)(Nc1ncc(Br)nc1Br)c1c(Cl)nc2sccn12. The predicted octanol–water partition coefficient (Wildman–Crippen LogP) is 3.17. The molecule has 0 aromatic carbocycles. The van der Waals surface area contributed by atoms with Crippen LogP contribution >= 0.6 is 54.8 Å². The molecule has 0 saturated carbocycles. The van der Waals surface area contributed by atoms with Crippen LogP contribution in [0.4, 0.5) is 5.82 Å². The Bertz CT molecular complexity index is 939. The molecule has 0 bridgehead atoms. The second-order valence-electron chi connectivity index (χ2n) is 3.70. The Kier molecular flexibility index (Phi) is 3.94. The van der Waals surface area contributed by atoms with E-state index in [4.69, 9.17) is 11.6 Å². The van der Waals surface area contributed by atoms with Gasteiger partial charge < -0.3 is 0 Å². The second-order valence-corrected chi connectivity index (χ2v) is 8.09. The van der Waals surface area contributed by atoms with Crippen molar-refractivity contribution in [2.75, 3.05) is 4.72 Å². The lowest BCUT2D eigenvalue weighted by Gasteiger charge is -2.07. The molecule has 0 radical (unpaired) electrons. The van der Waals surface area contributed by atoms with Crippen molar-refractivity contribution in [2.45, 2.75) is 5.03 Å². The number of nitrogens with one attached hydrogen (secondary N) is 1. The molecule has 0 fully saturated rings. The first-order chi connectivity index (χ1) is 9.88. The lowest BCUT2D eigenvalue weighted by molar-refractivity contribution is 0.596. The van der Waals surface area contributed by atoms with Crippen LogP contribution in [0.25, 0.3) is 4.96 Å². The summed E-state index contributed by atoms with van der Waals surface area (Å²) in [4.78, 5) is 12.4. The molecule has 3 aromatic heterocycles. The van der Waals surface area contributed by atoms with E-state index < -0.39 is 10.0 Å². The van der Waals surface area contributed by atoms with Crippen molar-refractivity contribution in [3.8, 4) is 0 Å². The van der Waals surface area contributed by atoms with E-state index in [9.17, 15) is 8.42 Å². The topological polar surface area (TPSA) is 89.2 Å². The van der Waals surface area contributed by atoms with Crippen molar-refractivity contribution in [1.82, 2.24) is 19.4 Å². The van der Waals surface area contributed by atoms with Crippen LogP contribution in [0.3, 0.4) is 0 Å². The van der Waals surface area contributed by atoms with Gasteiger partial charge in [0.15, 0.2) is 25.6 Å². The van der Waals surface area contributed by atoms with Crippen LogP contribution < -0.4 is 4.72 Å². The summed E-state index contributed by atoms with van der Waals surface area (Å²) in [5.74, 6) is 0.0550. The van der Waals surface area contributed by atoms with Gasteiger partial charge in [-0.15, -0.1) is 11.3 Å². The molecule has 0 aliphatic carbocycles. The largest absolute Gasteiger partial charge is 0.282 e. The number of hydrogen-bond acceptors (Lipinski definition) is 6. The number of hydrogen-bond donors (Lipinski definition) is 1. The Labute approximate surface area is 144 Å². The molecule has 3 rings (SSSR count). The van der Waals surface area contributed by atoms with Gasteiger partial charge in [-0.05, 0) is 31.9 Å². The minimum Gasteiger partial charge on any atom is -0.278 e. The van der Waals surface area contributed by atoms with E-state index in [1.165, 1.54) is 21.9 Å². The summed E-state index contributed by atoms with van der Waals surface area (Å²) in [6.07, 6.45) is 2.95. The quantitative estimate of drug-likeness (QED) is 0.631. The van der Waals surface area contributed by atoms with Crippen molar-refractivity contribution in [3.05, 3.63) is 32.1 Å². The number of thiazole rings is 1. The monoisotopic (exact) mass is 471 g/mol. The van der Waals surface area contributed by atoms with Crippen LogP contribution in [0, 0.1) is 0 Å². The van der Waals surface area contributed by atoms with Crippen LogP contribution in [0.2, 0.25) is 5.15 Å². The zero-order valence-electron chi connectivity index (χ0n) is 9.79. The van der Waals surface area contributed by atoms with E-state index >= 15 is 0 Å². The van der Waals surface area contributed by atoms with E-state index in [1.807, 2.05) is 0 Å². The fourth-order valence-electron chi connectivity index (χ4n) is 1.57. The van der Waals surface area contributed by atoms with Crippen LogP contribution in [0.5, 0.6) is 0 Å². The molecular formula is C9H4Br2ClN5O2S2. The van der Waals surface area contributed by atoms with Gasteiger partial charge in [-0.1, -0.05) is 11.6 Å². The van der Waals surface area contributed by atoms with Crippen molar-refractivity contribution >= 4 is 75.6 Å². The molecule has 0 atom stereocenters. The zero-order valence-corrected chi connectivity index (χ0v) is 15.3. The highest BCUT2D eigenvalue weighted by molar-refractivity contribution is 9.11. The van der Waals surface area contributed by atoms with E-state index in [1.54, 1.807) is 11.6 Å². The van der Waals surface area contributed by atoms with Gasteiger partial charge in [0.2, 0.25) is 0 Å². The number of sulfonamides is 1. The van der Waals surface area contributed by atoms with Crippen molar-refractivity contribution < 1.29 is 8.42 Å². The van der Waals surface area contributed by atoms with Crippen LogP contribution in [0.15, 0.2) is 32.0 Å². The Hall–Kier alpha value is -0.750. The minimum atomic E-state index is -3.96. The summed E-state index contributed by atoms with van der Waals surface area (Å²) in [6, 6.07) is 0. The molecule has 0 aliphatic heterocycles. The van der Waals surface area contributed by atoms with Crippen molar-refractivity contribution in [3.63, 3.8) is 0 Å². The minimum absolute atomic E-state index is 0.0550. The molecule has 0 spiro atoms. The van der Waals surface area contributed by atoms with E-state index in [0.29, 0.717) is 9.56 Å². The number of imidazole rings is 1. The van der Waals surface area contributed by atoms with Gasteiger partial charge in [0.05, 0.1) is 6.20 Å². The van der Waals surface area contributed by atoms with Crippen molar-refractivity contribution in [1.29, 1.82) is 0 Å². The Morgan fingerprint density at radius 3 is 2.81 bits per heavy atom. The van der Waals surface area contributed by atoms with E-state index in [2.05, 4.69) is 51.5 Å². The number of halogens is 3. The number of fused-ring (bicyclic) bond motifs is 1. The van der Waals surface area contributed by atoms with Crippen molar-refractivity contribution in [2.24, 2.45) is 0 Å². The highest BCUT2D eigenvalue weighted by atomic mass is 79.9. The van der Waals surface area contributed by atoms with Gasteiger partial charge in [0.25, 0.3) is 10.0 Å². The van der Waals surface area contributed by atoms with Gasteiger partial charge in [0, 0.05) is 11.6 Å². The average molecular weight is 474 g/mol. The van der Waals surface area contributed by atoms with Crippen LogP contribution in [-0.4, -0.2) is 27.8 Å². The Balaban J connectivity index is 2.08. The maximum Gasteiger partial charge on any atom is 0.282 e. The smallest absolute Gasteiger partial charge is 0.278 e. The maximum absolute atomic E-state index is 12.5.